The molecule has 1 aliphatic rings. The summed E-state index contributed by atoms with van der Waals surface area (Å²) < 4.78 is 6.72. The van der Waals surface area contributed by atoms with Crippen molar-refractivity contribution in [1.82, 2.24) is 14.7 Å². The summed E-state index contributed by atoms with van der Waals surface area (Å²) in [6.07, 6.45) is 0. The molecule has 0 saturated carbocycles. The van der Waals surface area contributed by atoms with Crippen LogP contribution in [0.3, 0.4) is 0 Å². The monoisotopic (exact) mass is 384 g/mol. The SMILES string of the molecule is COC(=O)C1=C(Nc2cccc(Cn3nc(C)cc3C)c2)C(=O)N(CCO)C1. The van der Waals surface area contributed by atoms with Crippen LogP contribution in [0.1, 0.15) is 17.0 Å². The molecular weight excluding hydrogens is 360 g/mol. The molecule has 1 aromatic carbocycles. The van der Waals surface area contributed by atoms with Crippen LogP contribution in [0, 0.1) is 13.8 Å². The highest BCUT2D eigenvalue weighted by Gasteiger charge is 2.34. The Hall–Kier alpha value is -3.13. The van der Waals surface area contributed by atoms with Crippen LogP contribution in [0.25, 0.3) is 0 Å². The molecule has 0 atom stereocenters. The number of hydrogen-bond donors (Lipinski definition) is 2. The fraction of sp³-hybridized carbons (Fsp3) is 0.350. The summed E-state index contributed by atoms with van der Waals surface area (Å²) in [5.74, 6) is -0.895. The summed E-state index contributed by atoms with van der Waals surface area (Å²) in [4.78, 5) is 26.1. The van der Waals surface area contributed by atoms with E-state index in [0.717, 1.165) is 17.0 Å². The summed E-state index contributed by atoms with van der Waals surface area (Å²) in [5.41, 5.74) is 4.16. The van der Waals surface area contributed by atoms with Gasteiger partial charge in [0.1, 0.15) is 5.70 Å². The largest absolute Gasteiger partial charge is 0.466 e. The van der Waals surface area contributed by atoms with Gasteiger partial charge in [-0.2, -0.15) is 5.10 Å². The number of hydrogen-bond acceptors (Lipinski definition) is 6. The molecule has 1 amide bonds. The van der Waals surface area contributed by atoms with Gasteiger partial charge in [0.15, 0.2) is 0 Å². The number of aromatic nitrogens is 2. The van der Waals surface area contributed by atoms with Crippen LogP contribution in [-0.4, -0.2) is 58.5 Å². The predicted octanol–water partition coefficient (Wildman–Crippen LogP) is 1.22. The zero-order valence-electron chi connectivity index (χ0n) is 16.2. The van der Waals surface area contributed by atoms with E-state index in [0.29, 0.717) is 12.2 Å². The zero-order chi connectivity index (χ0) is 20.3. The van der Waals surface area contributed by atoms with E-state index in [1.165, 1.54) is 12.0 Å². The third kappa shape index (κ3) is 4.07. The normalized spacial score (nSPS) is 14.0. The minimum absolute atomic E-state index is 0.111. The lowest BCUT2D eigenvalue weighted by Crippen LogP contribution is -2.31. The van der Waals surface area contributed by atoms with Crippen molar-refractivity contribution in [3.05, 3.63) is 58.6 Å². The molecule has 1 aromatic heterocycles. The number of rotatable bonds is 7. The number of carbonyl (C=O) groups is 2. The summed E-state index contributed by atoms with van der Waals surface area (Å²) in [6, 6.07) is 9.62. The Bertz CT molecular complexity index is 932. The van der Waals surface area contributed by atoms with E-state index >= 15 is 0 Å². The molecule has 8 heteroatoms. The van der Waals surface area contributed by atoms with Gasteiger partial charge in [-0.05, 0) is 37.6 Å². The second-order valence-electron chi connectivity index (χ2n) is 6.71. The van der Waals surface area contributed by atoms with E-state index in [4.69, 9.17) is 9.84 Å². The third-order valence-electron chi connectivity index (χ3n) is 4.59. The number of ether oxygens (including phenoxy) is 1. The number of nitrogens with one attached hydrogen (secondary N) is 1. The summed E-state index contributed by atoms with van der Waals surface area (Å²) in [6.45, 7) is 4.64. The number of aliphatic hydroxyl groups excluding tert-OH is 1. The van der Waals surface area contributed by atoms with Crippen LogP contribution >= 0.6 is 0 Å². The number of carbonyl (C=O) groups excluding carboxylic acids is 2. The lowest BCUT2D eigenvalue weighted by atomic mass is 10.1. The van der Waals surface area contributed by atoms with Gasteiger partial charge < -0.3 is 20.1 Å². The van der Waals surface area contributed by atoms with Gasteiger partial charge in [-0.3, -0.25) is 9.48 Å². The number of anilines is 1. The Balaban J connectivity index is 1.84. The van der Waals surface area contributed by atoms with Crippen molar-refractivity contribution in [1.29, 1.82) is 0 Å². The Labute approximate surface area is 163 Å². The smallest absolute Gasteiger partial charge is 0.337 e. The first-order chi connectivity index (χ1) is 13.4. The average Bonchev–Trinajstić information content (AvgIpc) is 3.14. The molecule has 3 rings (SSSR count). The van der Waals surface area contributed by atoms with Crippen molar-refractivity contribution < 1.29 is 19.4 Å². The van der Waals surface area contributed by atoms with Gasteiger partial charge in [0.2, 0.25) is 0 Å². The maximum atomic E-state index is 12.6. The average molecular weight is 384 g/mol. The highest BCUT2D eigenvalue weighted by molar-refractivity contribution is 6.08. The fourth-order valence-corrected chi connectivity index (χ4v) is 3.25. The number of esters is 1. The number of benzene rings is 1. The molecule has 0 aliphatic carbocycles. The molecule has 0 radical (unpaired) electrons. The molecule has 2 heterocycles. The van der Waals surface area contributed by atoms with Crippen LogP contribution in [0.2, 0.25) is 0 Å². The van der Waals surface area contributed by atoms with Crippen molar-refractivity contribution in [3.8, 4) is 0 Å². The van der Waals surface area contributed by atoms with Gasteiger partial charge in [0, 0.05) is 17.9 Å². The molecule has 2 aromatic rings. The zero-order valence-corrected chi connectivity index (χ0v) is 16.2. The van der Waals surface area contributed by atoms with Gasteiger partial charge in [-0.15, -0.1) is 0 Å². The van der Waals surface area contributed by atoms with E-state index in [1.807, 2.05) is 48.9 Å². The molecule has 2 N–H and O–H groups in total. The quantitative estimate of drug-likeness (QED) is 0.697. The minimum atomic E-state index is -0.560. The van der Waals surface area contributed by atoms with Gasteiger partial charge in [-0.1, -0.05) is 12.1 Å². The molecule has 148 valence electrons. The highest BCUT2D eigenvalue weighted by atomic mass is 16.5. The number of nitrogens with zero attached hydrogens (tertiary/aromatic N) is 3. The van der Waals surface area contributed by atoms with Gasteiger partial charge in [-0.25, -0.2) is 4.79 Å². The second kappa shape index (κ2) is 8.26. The lowest BCUT2D eigenvalue weighted by Gasteiger charge is -2.15. The van der Waals surface area contributed by atoms with Crippen molar-refractivity contribution in [2.75, 3.05) is 32.1 Å². The van der Waals surface area contributed by atoms with E-state index in [1.54, 1.807) is 0 Å². The Morgan fingerprint density at radius 1 is 1.32 bits per heavy atom. The van der Waals surface area contributed by atoms with Crippen LogP contribution in [0.4, 0.5) is 5.69 Å². The van der Waals surface area contributed by atoms with Crippen LogP contribution in [0.5, 0.6) is 0 Å². The van der Waals surface area contributed by atoms with Crippen molar-refractivity contribution in [2.24, 2.45) is 0 Å². The molecule has 0 unspecified atom stereocenters. The van der Waals surface area contributed by atoms with Crippen molar-refractivity contribution in [2.45, 2.75) is 20.4 Å². The molecule has 0 fully saturated rings. The molecule has 1 aliphatic heterocycles. The number of aryl methyl sites for hydroxylation is 2. The van der Waals surface area contributed by atoms with E-state index < -0.39 is 5.97 Å². The van der Waals surface area contributed by atoms with Crippen molar-refractivity contribution >= 4 is 17.6 Å². The molecule has 0 bridgehead atoms. The Kier molecular flexibility index (Phi) is 5.79. The van der Waals surface area contributed by atoms with Gasteiger partial charge in [0.25, 0.3) is 5.91 Å². The lowest BCUT2D eigenvalue weighted by molar-refractivity contribution is -0.136. The van der Waals surface area contributed by atoms with Crippen molar-refractivity contribution in [3.63, 3.8) is 0 Å². The van der Waals surface area contributed by atoms with E-state index in [9.17, 15) is 9.59 Å². The third-order valence-corrected chi connectivity index (χ3v) is 4.59. The first-order valence-corrected chi connectivity index (χ1v) is 9.01. The maximum Gasteiger partial charge on any atom is 0.337 e. The summed E-state index contributed by atoms with van der Waals surface area (Å²) >= 11 is 0. The molecule has 28 heavy (non-hydrogen) atoms. The number of β-amino-alcohol motifs (C(OH)–C–C–N with tert-alkyl or cyclic N) is 1. The Morgan fingerprint density at radius 2 is 2.11 bits per heavy atom. The fourth-order valence-electron chi connectivity index (χ4n) is 3.25. The summed E-state index contributed by atoms with van der Waals surface area (Å²) in [7, 11) is 1.28. The number of aliphatic hydroxyl groups is 1. The number of methoxy groups -OCH3 is 1. The van der Waals surface area contributed by atoms with Crippen LogP contribution in [-0.2, 0) is 20.9 Å². The maximum absolute atomic E-state index is 12.6. The minimum Gasteiger partial charge on any atom is -0.466 e. The summed E-state index contributed by atoms with van der Waals surface area (Å²) in [5, 5.41) is 16.7. The first-order valence-electron chi connectivity index (χ1n) is 9.01. The second-order valence-corrected chi connectivity index (χ2v) is 6.71. The molecule has 8 nitrogen and oxygen atoms in total. The van der Waals surface area contributed by atoms with Gasteiger partial charge in [0.05, 0.1) is 38.1 Å². The first kappa shape index (κ1) is 19.6. The number of amides is 1. The van der Waals surface area contributed by atoms with Crippen LogP contribution < -0.4 is 5.32 Å². The van der Waals surface area contributed by atoms with E-state index in [2.05, 4.69) is 10.4 Å². The molecular formula is C20H24N4O4. The standard InChI is InChI=1S/C20H24N4O4/c1-13-9-14(2)24(22-13)11-15-5-4-6-16(10-15)21-18-17(20(27)28-3)12-23(7-8-25)19(18)26/h4-6,9-10,21,25H,7-8,11-12H2,1-3H3. The Morgan fingerprint density at radius 3 is 2.75 bits per heavy atom. The molecule has 0 saturated heterocycles. The predicted molar refractivity (Wildman–Crippen MR) is 104 cm³/mol. The highest BCUT2D eigenvalue weighted by Crippen LogP contribution is 2.23. The van der Waals surface area contributed by atoms with Crippen LogP contribution in [0.15, 0.2) is 41.6 Å². The topological polar surface area (TPSA) is 96.7 Å². The van der Waals surface area contributed by atoms with Gasteiger partial charge >= 0.3 is 5.97 Å². The van der Waals surface area contributed by atoms with E-state index in [-0.39, 0.29) is 36.9 Å². The molecule has 0 spiro atoms.